The van der Waals surface area contributed by atoms with Crippen LogP contribution in [0.15, 0.2) is 18.2 Å². The van der Waals surface area contributed by atoms with E-state index in [2.05, 4.69) is 58.9 Å². The summed E-state index contributed by atoms with van der Waals surface area (Å²) in [6, 6.07) is 5.59. The monoisotopic (exact) mass is 594 g/mol. The third-order valence-electron chi connectivity index (χ3n) is 15.1. The van der Waals surface area contributed by atoms with E-state index in [0.29, 0.717) is 34.1 Å². The number of rotatable bonds is 5. The average Bonchev–Trinajstić information content (AvgIpc) is 3.57. The molecule has 6 aliphatic rings. The molecule has 7 nitrogen and oxygen atoms in total. The number of hydrogen-bond acceptors (Lipinski definition) is 7. The van der Waals surface area contributed by atoms with Gasteiger partial charge in [-0.05, 0) is 131 Å². The van der Waals surface area contributed by atoms with Gasteiger partial charge in [-0.1, -0.05) is 20.8 Å². The summed E-state index contributed by atoms with van der Waals surface area (Å²) in [4.78, 5) is 16.0. The fraction of sp³-hybridized carbons (Fsp3) is 0.806. The number of methoxy groups -OCH3 is 1. The van der Waals surface area contributed by atoms with E-state index in [1.165, 1.54) is 58.1 Å². The molecule has 1 aliphatic heterocycles. The van der Waals surface area contributed by atoms with Crippen molar-refractivity contribution in [3.05, 3.63) is 23.8 Å². The molecule has 238 valence electrons. The number of nitrogens with one attached hydrogen (secondary N) is 1. The van der Waals surface area contributed by atoms with E-state index in [9.17, 15) is 9.90 Å². The van der Waals surface area contributed by atoms with Gasteiger partial charge in [-0.15, -0.1) is 0 Å². The van der Waals surface area contributed by atoms with Gasteiger partial charge in [0.2, 0.25) is 0 Å². The zero-order chi connectivity index (χ0) is 30.7. The third kappa shape index (κ3) is 3.80. The van der Waals surface area contributed by atoms with Crippen LogP contribution in [0.25, 0.3) is 0 Å². The molecule has 0 bridgehead atoms. The largest absolute Gasteiger partial charge is 0.504 e. The first kappa shape index (κ1) is 29.9. The van der Waals surface area contributed by atoms with Crippen molar-refractivity contribution >= 4 is 5.97 Å². The number of aromatic hydroxyl groups is 1. The highest BCUT2D eigenvalue weighted by molar-refractivity contribution is 5.90. The summed E-state index contributed by atoms with van der Waals surface area (Å²) in [6.07, 6.45) is 9.97. The second-order valence-corrected chi connectivity index (χ2v) is 16.5. The quantitative estimate of drug-likeness (QED) is 0.391. The molecule has 5 aliphatic carbocycles. The van der Waals surface area contributed by atoms with Gasteiger partial charge in [0.05, 0.1) is 19.3 Å². The van der Waals surface area contributed by atoms with E-state index in [1.54, 1.807) is 12.1 Å². The lowest BCUT2D eigenvalue weighted by Gasteiger charge is -2.64. The maximum absolute atomic E-state index is 13.7. The molecule has 2 unspecified atom stereocenters. The van der Waals surface area contributed by atoms with Crippen LogP contribution in [-0.2, 0) is 9.47 Å². The smallest absolute Gasteiger partial charge is 0.338 e. The Morgan fingerprint density at radius 3 is 2.51 bits per heavy atom. The number of phenols is 1. The second kappa shape index (κ2) is 9.59. The van der Waals surface area contributed by atoms with Crippen molar-refractivity contribution in [1.82, 2.24) is 10.2 Å². The van der Waals surface area contributed by atoms with Crippen molar-refractivity contribution in [1.29, 1.82) is 0 Å². The Morgan fingerprint density at radius 2 is 1.79 bits per heavy atom. The van der Waals surface area contributed by atoms with Crippen LogP contribution in [0.1, 0.15) is 96.3 Å². The number of benzene rings is 1. The van der Waals surface area contributed by atoms with Gasteiger partial charge in [0.15, 0.2) is 11.5 Å². The minimum Gasteiger partial charge on any atom is -0.504 e. The van der Waals surface area contributed by atoms with E-state index < -0.39 is 0 Å². The minimum atomic E-state index is -0.323. The first-order chi connectivity index (χ1) is 20.3. The van der Waals surface area contributed by atoms with E-state index in [1.807, 2.05) is 0 Å². The molecule has 1 heterocycles. The van der Waals surface area contributed by atoms with Gasteiger partial charge in [-0.3, -0.25) is 5.32 Å². The molecule has 5 saturated carbocycles. The topological polar surface area (TPSA) is 80.3 Å². The highest BCUT2D eigenvalue weighted by Gasteiger charge is 2.83. The molecule has 1 aromatic carbocycles. The fourth-order valence-electron chi connectivity index (χ4n) is 12.7. The predicted octanol–water partition coefficient (Wildman–Crippen LogP) is 6.24. The molecule has 2 spiro atoms. The summed E-state index contributed by atoms with van der Waals surface area (Å²) in [5.74, 6) is 1.61. The molecule has 1 saturated heterocycles. The Morgan fingerprint density at radius 1 is 1.07 bits per heavy atom. The molecule has 0 amide bonds. The van der Waals surface area contributed by atoms with Crippen LogP contribution >= 0.6 is 0 Å². The number of ether oxygens (including phenoxy) is 3. The Bertz CT molecular complexity index is 1300. The normalized spacial score (nSPS) is 48.7. The summed E-state index contributed by atoms with van der Waals surface area (Å²) in [5.41, 5.74) is 1.67. The number of nitrogens with zero attached hydrogens (tertiary/aromatic N) is 1. The molecular formula is C36H54N2O5. The average molecular weight is 595 g/mol. The van der Waals surface area contributed by atoms with Gasteiger partial charge >= 0.3 is 5.97 Å². The van der Waals surface area contributed by atoms with Crippen LogP contribution in [0.5, 0.6) is 11.5 Å². The van der Waals surface area contributed by atoms with E-state index in [0.717, 1.165) is 18.9 Å². The van der Waals surface area contributed by atoms with Crippen LogP contribution in [0, 0.1) is 44.8 Å². The number of carbonyl (C=O) groups excluding carboxylic acids is 1. The van der Waals surface area contributed by atoms with E-state index >= 15 is 0 Å². The van der Waals surface area contributed by atoms with Crippen LogP contribution in [0.2, 0.25) is 0 Å². The summed E-state index contributed by atoms with van der Waals surface area (Å²) < 4.78 is 18.1. The molecule has 0 aromatic heterocycles. The maximum atomic E-state index is 13.7. The number of fused-ring (bicyclic) bond motifs is 4. The fourth-order valence-corrected chi connectivity index (χ4v) is 12.7. The number of phenolic OH excluding ortho intramolecular Hbond substituents is 1. The highest BCUT2D eigenvalue weighted by atomic mass is 16.5. The highest BCUT2D eigenvalue weighted by Crippen LogP contribution is 2.89. The van der Waals surface area contributed by atoms with Gasteiger partial charge in [0.25, 0.3) is 0 Å². The van der Waals surface area contributed by atoms with Crippen LogP contribution in [0.3, 0.4) is 0 Å². The SMILES string of the molecule is COc1cc(C(=O)O[C@@H]2C[C@@]3(C)C4CCC5[C@@]6(CC[C@@H]7N[C@H](C)OC[C@@]57C)C[C@@]46CC[C@]3(C)[C@H]2[C@@H](C)N(C)C)ccc1O. The number of esters is 1. The summed E-state index contributed by atoms with van der Waals surface area (Å²) in [5, 5.41) is 13.9. The molecule has 6 fully saturated rings. The number of carbonyl (C=O) groups is 1. The van der Waals surface area contributed by atoms with Crippen molar-refractivity contribution in [2.75, 3.05) is 27.8 Å². The lowest BCUT2D eigenvalue weighted by atomic mass is 9.41. The van der Waals surface area contributed by atoms with Crippen LogP contribution in [-0.4, -0.2) is 68.2 Å². The van der Waals surface area contributed by atoms with Crippen molar-refractivity contribution < 1.29 is 24.1 Å². The van der Waals surface area contributed by atoms with E-state index in [4.69, 9.17) is 14.2 Å². The van der Waals surface area contributed by atoms with Gasteiger partial charge in [-0.2, -0.15) is 0 Å². The van der Waals surface area contributed by atoms with E-state index in [-0.39, 0.29) is 52.3 Å². The molecule has 2 N–H and O–H groups in total. The Kier molecular flexibility index (Phi) is 6.66. The van der Waals surface area contributed by atoms with Gasteiger partial charge < -0.3 is 24.2 Å². The lowest BCUT2D eigenvalue weighted by Crippen LogP contribution is -2.65. The second-order valence-electron chi connectivity index (χ2n) is 16.5. The van der Waals surface area contributed by atoms with Crippen LogP contribution in [0.4, 0.5) is 0 Å². The van der Waals surface area contributed by atoms with Gasteiger partial charge in [-0.25, -0.2) is 4.79 Å². The van der Waals surface area contributed by atoms with Crippen molar-refractivity contribution in [3.63, 3.8) is 0 Å². The molecular weight excluding hydrogens is 540 g/mol. The molecule has 0 radical (unpaired) electrons. The van der Waals surface area contributed by atoms with Crippen LogP contribution < -0.4 is 10.1 Å². The van der Waals surface area contributed by atoms with Crippen molar-refractivity contribution in [3.8, 4) is 11.5 Å². The zero-order valence-corrected chi connectivity index (χ0v) is 27.7. The number of hydrogen-bond donors (Lipinski definition) is 2. The summed E-state index contributed by atoms with van der Waals surface area (Å²) in [6.45, 7) is 13.0. The maximum Gasteiger partial charge on any atom is 0.338 e. The van der Waals surface area contributed by atoms with Crippen molar-refractivity contribution in [2.45, 2.75) is 110 Å². The summed E-state index contributed by atoms with van der Waals surface area (Å²) in [7, 11) is 5.83. The standard InChI is InChI=1S/C36H54N2O5/c1-21(38(6)7)30-26(43-31(40)23-9-10-24(39)25(17-23)41-8)18-34(5)28-12-11-27-32(3)20-42-22(2)37-29(32)13-14-35(27)19-36(28,35)16-15-33(30,34)4/h9-10,17,21-22,26-30,37,39H,11-16,18-20H2,1-8H3/t21-,22+,26-,27?,28?,29+,30+,32+,33-,34+,35-,36+/m1/s1. The molecule has 43 heavy (non-hydrogen) atoms. The first-order valence-corrected chi connectivity index (χ1v) is 16.9. The minimum absolute atomic E-state index is 0.0253. The Balaban J connectivity index is 1.21. The summed E-state index contributed by atoms with van der Waals surface area (Å²) >= 11 is 0. The predicted molar refractivity (Wildman–Crippen MR) is 166 cm³/mol. The molecule has 7 heteroatoms. The lowest BCUT2D eigenvalue weighted by molar-refractivity contribution is -0.184. The zero-order valence-electron chi connectivity index (χ0n) is 27.7. The molecule has 12 atom stereocenters. The Labute approximate surface area is 258 Å². The molecule has 1 aromatic rings. The van der Waals surface area contributed by atoms with Crippen molar-refractivity contribution in [2.24, 2.45) is 44.8 Å². The third-order valence-corrected chi connectivity index (χ3v) is 15.1. The van der Waals surface area contributed by atoms with Gasteiger partial charge in [0.1, 0.15) is 12.3 Å². The molecule has 7 rings (SSSR count). The Hall–Kier alpha value is -1.83. The first-order valence-electron chi connectivity index (χ1n) is 16.9. The van der Waals surface area contributed by atoms with Gasteiger partial charge in [0, 0.05) is 23.4 Å².